The van der Waals surface area contributed by atoms with E-state index in [4.69, 9.17) is 24.1 Å². The molecule has 0 N–H and O–H groups in total. The van der Waals surface area contributed by atoms with Crippen molar-refractivity contribution in [1.29, 1.82) is 0 Å². The maximum atomic E-state index is 6.56. The largest absolute Gasteiger partial charge is 0.485 e. The molecule has 7 aromatic carbocycles. The highest BCUT2D eigenvalue weighted by atomic mass is 16.5. The first-order valence-corrected chi connectivity index (χ1v) is 17.6. The molecule has 2 aliphatic rings. The highest BCUT2D eigenvalue weighted by Gasteiger charge is 2.41. The second-order valence-electron chi connectivity index (χ2n) is 13.5. The fourth-order valence-corrected chi connectivity index (χ4v) is 8.05. The van der Waals surface area contributed by atoms with E-state index >= 15 is 0 Å². The van der Waals surface area contributed by atoms with Crippen LogP contribution in [0.5, 0.6) is 5.75 Å². The molecule has 0 saturated heterocycles. The number of aromatic nitrogens is 3. The van der Waals surface area contributed by atoms with Gasteiger partial charge in [-0.1, -0.05) is 127 Å². The molecule has 1 aliphatic carbocycles. The fraction of sp³-hybridized carbons (Fsp3) is 0.0426. The van der Waals surface area contributed by atoms with Crippen LogP contribution in [0.25, 0.3) is 77.4 Å². The number of nitrogens with zero attached hydrogens (tertiary/aromatic N) is 3. The van der Waals surface area contributed by atoms with E-state index in [1.54, 1.807) is 0 Å². The van der Waals surface area contributed by atoms with Crippen molar-refractivity contribution in [3.63, 3.8) is 0 Å². The van der Waals surface area contributed by atoms with Gasteiger partial charge in [-0.25, -0.2) is 15.0 Å². The maximum Gasteiger partial charge on any atom is 0.164 e. The first kappa shape index (κ1) is 28.9. The number of hydrogen-bond acceptors (Lipinski definition) is 5. The van der Waals surface area contributed by atoms with E-state index in [0.29, 0.717) is 17.5 Å². The Bertz CT molecular complexity index is 2960. The number of ether oxygens (including phenoxy) is 1. The van der Waals surface area contributed by atoms with Crippen molar-refractivity contribution in [3.8, 4) is 28.5 Å². The van der Waals surface area contributed by atoms with E-state index in [1.807, 2.05) is 48.5 Å². The van der Waals surface area contributed by atoms with Crippen molar-refractivity contribution >= 4 is 54.6 Å². The minimum Gasteiger partial charge on any atom is -0.485 e. The fourth-order valence-electron chi connectivity index (χ4n) is 8.05. The van der Waals surface area contributed by atoms with Gasteiger partial charge in [-0.2, -0.15) is 0 Å². The highest BCUT2D eigenvalue weighted by molar-refractivity contribution is 6.09. The van der Waals surface area contributed by atoms with E-state index in [0.717, 1.165) is 66.5 Å². The molecule has 0 saturated carbocycles. The first-order valence-electron chi connectivity index (χ1n) is 17.6. The Labute approximate surface area is 299 Å². The zero-order valence-corrected chi connectivity index (χ0v) is 27.9. The number of fused-ring (bicyclic) bond motifs is 9. The van der Waals surface area contributed by atoms with Crippen LogP contribution in [0.3, 0.4) is 0 Å². The van der Waals surface area contributed by atoms with Gasteiger partial charge in [0.05, 0.1) is 5.92 Å². The predicted octanol–water partition coefficient (Wildman–Crippen LogP) is 11.4. The summed E-state index contributed by atoms with van der Waals surface area (Å²) in [6.07, 6.45) is 4.14. The summed E-state index contributed by atoms with van der Waals surface area (Å²) in [7, 11) is 0. The highest BCUT2D eigenvalue weighted by Crippen LogP contribution is 2.51. The Balaban J connectivity index is 1.17. The van der Waals surface area contributed by atoms with Gasteiger partial charge < -0.3 is 9.15 Å². The molecule has 244 valence electrons. The molecule has 5 heteroatoms. The SMILES string of the molecule is C1=CC2Oc3ccccc3C2C(c2nc(-c3ccccc3)nc(-c3ccc4c(ccc5ccccc54)c3)n2)=C1c1ccc2c(c1)oc1ccccc12. The second kappa shape index (κ2) is 11.3. The van der Waals surface area contributed by atoms with E-state index in [1.165, 1.54) is 16.2 Å². The van der Waals surface area contributed by atoms with Gasteiger partial charge in [0.1, 0.15) is 23.0 Å². The van der Waals surface area contributed by atoms with Crippen LogP contribution in [0, 0.1) is 0 Å². The molecular weight excluding hydrogens is 639 g/mol. The van der Waals surface area contributed by atoms with Gasteiger partial charge in [0.15, 0.2) is 17.5 Å². The molecule has 9 aromatic rings. The quantitative estimate of drug-likeness (QED) is 0.175. The summed E-state index contributed by atoms with van der Waals surface area (Å²) in [6.45, 7) is 0. The van der Waals surface area contributed by atoms with Gasteiger partial charge in [-0.15, -0.1) is 0 Å². The third-order valence-corrected chi connectivity index (χ3v) is 10.5. The van der Waals surface area contributed by atoms with Gasteiger partial charge in [0.25, 0.3) is 0 Å². The third kappa shape index (κ3) is 4.53. The predicted molar refractivity (Wildman–Crippen MR) is 209 cm³/mol. The molecule has 2 atom stereocenters. The lowest BCUT2D eigenvalue weighted by atomic mass is 9.79. The molecule has 0 bridgehead atoms. The summed E-state index contributed by atoms with van der Waals surface area (Å²) < 4.78 is 12.9. The third-order valence-electron chi connectivity index (χ3n) is 10.5. The first-order chi connectivity index (χ1) is 25.7. The minimum absolute atomic E-state index is 0.121. The van der Waals surface area contributed by atoms with E-state index in [-0.39, 0.29) is 12.0 Å². The molecule has 1 aliphatic heterocycles. The summed E-state index contributed by atoms with van der Waals surface area (Å²) in [5, 5.41) is 6.97. The maximum absolute atomic E-state index is 6.56. The monoisotopic (exact) mass is 667 g/mol. The number of para-hydroxylation sites is 2. The zero-order chi connectivity index (χ0) is 34.2. The van der Waals surface area contributed by atoms with Crippen molar-refractivity contribution in [2.24, 2.45) is 0 Å². The summed E-state index contributed by atoms with van der Waals surface area (Å²) in [5.74, 6) is 2.63. The Morgan fingerprint density at radius 3 is 2.06 bits per heavy atom. The minimum atomic E-state index is -0.194. The van der Waals surface area contributed by atoms with E-state index < -0.39 is 0 Å². The number of furan rings is 1. The zero-order valence-electron chi connectivity index (χ0n) is 27.9. The van der Waals surface area contributed by atoms with Crippen LogP contribution in [0.15, 0.2) is 168 Å². The molecule has 11 rings (SSSR count). The molecule has 0 amide bonds. The van der Waals surface area contributed by atoms with Crippen LogP contribution in [0.2, 0.25) is 0 Å². The van der Waals surface area contributed by atoms with Gasteiger partial charge in [-0.05, 0) is 69.1 Å². The van der Waals surface area contributed by atoms with Crippen LogP contribution in [-0.4, -0.2) is 21.1 Å². The normalized spacial score (nSPS) is 16.5. The molecule has 0 radical (unpaired) electrons. The van der Waals surface area contributed by atoms with Crippen molar-refractivity contribution in [3.05, 3.63) is 181 Å². The summed E-state index contributed by atoms with van der Waals surface area (Å²) >= 11 is 0. The lowest BCUT2D eigenvalue weighted by Crippen LogP contribution is -2.22. The van der Waals surface area contributed by atoms with Gasteiger partial charge in [0, 0.05) is 33.0 Å². The molecule has 2 unspecified atom stereocenters. The molecular formula is C47H29N3O2. The molecule has 2 aromatic heterocycles. The molecule has 52 heavy (non-hydrogen) atoms. The lowest BCUT2D eigenvalue weighted by molar-refractivity contribution is 0.271. The molecule has 0 spiro atoms. The van der Waals surface area contributed by atoms with Crippen LogP contribution in [0.1, 0.15) is 22.9 Å². The summed E-state index contributed by atoms with van der Waals surface area (Å²) in [5.41, 5.74) is 7.76. The van der Waals surface area contributed by atoms with Crippen molar-refractivity contribution in [1.82, 2.24) is 15.0 Å². The Morgan fingerprint density at radius 1 is 0.462 bits per heavy atom. The Hall–Kier alpha value is -6.85. The summed E-state index contributed by atoms with van der Waals surface area (Å²) in [4.78, 5) is 15.7. The number of hydrogen-bond donors (Lipinski definition) is 0. The number of benzene rings is 7. The summed E-state index contributed by atoms with van der Waals surface area (Å²) in [6, 6.07) is 52.5. The van der Waals surface area contributed by atoms with Crippen molar-refractivity contribution in [2.75, 3.05) is 0 Å². The number of rotatable bonds is 4. The van der Waals surface area contributed by atoms with Crippen molar-refractivity contribution < 1.29 is 9.15 Å². The number of allylic oxidation sites excluding steroid dienone is 2. The standard InChI is InChI=1S/C47H29N3O2/c1-2-11-29(12-3-1)45-48-46(32-21-22-34-30(26-32)19-18-28-10-4-5-13-33(28)34)50-47(49-45)44-35(24-25-41-43(44)38-15-7-9-17-40(38)51-41)31-20-23-37-36-14-6-8-16-39(36)52-42(37)27-31/h1-27,41,43H. The average Bonchev–Trinajstić information content (AvgIpc) is 3.78. The molecule has 3 heterocycles. The van der Waals surface area contributed by atoms with Crippen LogP contribution in [-0.2, 0) is 0 Å². The average molecular weight is 668 g/mol. The lowest BCUT2D eigenvalue weighted by Gasteiger charge is -2.26. The smallest absolute Gasteiger partial charge is 0.164 e. The van der Waals surface area contributed by atoms with Gasteiger partial charge >= 0.3 is 0 Å². The molecule has 5 nitrogen and oxygen atoms in total. The second-order valence-corrected chi connectivity index (χ2v) is 13.5. The Morgan fingerprint density at radius 2 is 1.13 bits per heavy atom. The van der Waals surface area contributed by atoms with Crippen molar-refractivity contribution in [2.45, 2.75) is 12.0 Å². The van der Waals surface area contributed by atoms with Gasteiger partial charge in [-0.3, -0.25) is 0 Å². The van der Waals surface area contributed by atoms with E-state index in [2.05, 4.69) is 115 Å². The van der Waals surface area contributed by atoms with Gasteiger partial charge in [0.2, 0.25) is 0 Å². The van der Waals surface area contributed by atoms with Crippen LogP contribution >= 0.6 is 0 Å². The van der Waals surface area contributed by atoms with E-state index in [9.17, 15) is 0 Å². The molecule has 0 fully saturated rings. The van der Waals surface area contributed by atoms with Crippen LogP contribution in [0.4, 0.5) is 0 Å². The van der Waals surface area contributed by atoms with Crippen LogP contribution < -0.4 is 4.74 Å². The Kier molecular flexibility index (Phi) is 6.31. The topological polar surface area (TPSA) is 61.0 Å².